The van der Waals surface area contributed by atoms with E-state index in [0.29, 0.717) is 45.0 Å². The van der Waals surface area contributed by atoms with Crippen LogP contribution in [0.25, 0.3) is 0 Å². The van der Waals surface area contributed by atoms with E-state index in [9.17, 15) is 13.6 Å². The van der Waals surface area contributed by atoms with Gasteiger partial charge in [0.2, 0.25) is 0 Å². The summed E-state index contributed by atoms with van der Waals surface area (Å²) in [6.07, 6.45) is 3.76. The molecule has 0 saturated carbocycles. The maximum absolute atomic E-state index is 14.0. The van der Waals surface area contributed by atoms with Crippen LogP contribution in [0.2, 0.25) is 0 Å². The molecule has 0 amide bonds. The molecule has 1 saturated heterocycles. The molecule has 0 aliphatic carbocycles. The van der Waals surface area contributed by atoms with Crippen LogP contribution in [0.1, 0.15) is 25.1 Å². The molecular formula is C21H30F2IN7O. The number of fused-ring (bicyclic) bond motifs is 1. The van der Waals surface area contributed by atoms with E-state index in [0.717, 1.165) is 50.1 Å². The Morgan fingerprint density at radius 1 is 1.16 bits per heavy atom. The van der Waals surface area contributed by atoms with E-state index < -0.39 is 11.6 Å². The summed E-state index contributed by atoms with van der Waals surface area (Å²) >= 11 is 0. The predicted molar refractivity (Wildman–Crippen MR) is 131 cm³/mol. The van der Waals surface area contributed by atoms with Crippen LogP contribution in [0.15, 0.2) is 28.0 Å². The number of benzene rings is 1. The summed E-state index contributed by atoms with van der Waals surface area (Å²) in [7, 11) is 1.73. The van der Waals surface area contributed by atoms with Crippen LogP contribution >= 0.6 is 24.0 Å². The van der Waals surface area contributed by atoms with E-state index in [2.05, 4.69) is 20.3 Å². The third-order valence-corrected chi connectivity index (χ3v) is 5.90. The minimum Gasteiger partial charge on any atom is -0.366 e. The first-order chi connectivity index (χ1) is 15.1. The molecule has 0 bridgehead atoms. The fourth-order valence-corrected chi connectivity index (χ4v) is 4.24. The van der Waals surface area contributed by atoms with Gasteiger partial charge in [-0.3, -0.25) is 9.56 Å². The summed E-state index contributed by atoms with van der Waals surface area (Å²) in [6.45, 7) is 4.47. The summed E-state index contributed by atoms with van der Waals surface area (Å²) in [6, 6.07) is 3.54. The third-order valence-electron chi connectivity index (χ3n) is 5.90. The zero-order valence-electron chi connectivity index (χ0n) is 18.3. The number of halogens is 3. The highest BCUT2D eigenvalue weighted by Gasteiger charge is 2.22. The van der Waals surface area contributed by atoms with Crippen molar-refractivity contribution >= 4 is 35.6 Å². The second-order valence-corrected chi connectivity index (χ2v) is 7.93. The van der Waals surface area contributed by atoms with Crippen LogP contribution in [-0.4, -0.2) is 65.0 Å². The smallest absolute Gasteiger partial charge is 0.345 e. The van der Waals surface area contributed by atoms with Gasteiger partial charge in [-0.05, 0) is 31.4 Å². The van der Waals surface area contributed by atoms with Crippen molar-refractivity contribution in [1.82, 2.24) is 24.6 Å². The van der Waals surface area contributed by atoms with Gasteiger partial charge >= 0.3 is 5.69 Å². The molecule has 0 spiro atoms. The van der Waals surface area contributed by atoms with Gasteiger partial charge in [-0.2, -0.15) is 5.10 Å². The lowest BCUT2D eigenvalue weighted by molar-refractivity contribution is 0.369. The van der Waals surface area contributed by atoms with Crippen LogP contribution in [0.5, 0.6) is 0 Å². The summed E-state index contributed by atoms with van der Waals surface area (Å²) in [5, 5.41) is 7.80. The van der Waals surface area contributed by atoms with E-state index in [1.54, 1.807) is 16.3 Å². The molecule has 0 radical (unpaired) electrons. The number of hydrogen-bond acceptors (Lipinski definition) is 4. The number of aryl methyl sites for hydroxylation is 2. The molecule has 32 heavy (non-hydrogen) atoms. The normalized spacial score (nSPS) is 16.5. The summed E-state index contributed by atoms with van der Waals surface area (Å²) < 4.78 is 30.9. The standard InChI is InChI=1S/C21H29F2N7O.HI/c1-24-20(25-8-4-10-30-21(31)29-9-3-2-5-19(29)26-30)28-13-11-27(12-14-28)18-15-16(22)6-7-17(18)23;/h6-7,15H,2-5,8-14H2,1H3,(H,24,25);1H. The zero-order chi connectivity index (χ0) is 21.8. The van der Waals surface area contributed by atoms with Crippen LogP contribution in [0.4, 0.5) is 14.5 Å². The van der Waals surface area contributed by atoms with E-state index in [4.69, 9.17) is 0 Å². The fraction of sp³-hybridized carbons (Fsp3) is 0.571. The highest BCUT2D eigenvalue weighted by Crippen LogP contribution is 2.22. The molecule has 176 valence electrons. The first kappa shape index (κ1) is 24.5. The van der Waals surface area contributed by atoms with Crippen LogP contribution in [-0.2, 0) is 19.5 Å². The maximum atomic E-state index is 14.0. The molecule has 1 aromatic heterocycles. The van der Waals surface area contributed by atoms with E-state index >= 15 is 0 Å². The van der Waals surface area contributed by atoms with Crippen molar-refractivity contribution in [3.05, 3.63) is 46.1 Å². The minimum absolute atomic E-state index is 0. The second kappa shape index (κ2) is 11.1. The molecule has 4 rings (SSSR count). The van der Waals surface area contributed by atoms with Crippen molar-refractivity contribution < 1.29 is 8.78 Å². The van der Waals surface area contributed by atoms with E-state index in [1.165, 1.54) is 12.1 Å². The molecule has 2 aliphatic rings. The Labute approximate surface area is 203 Å². The lowest BCUT2D eigenvalue weighted by Crippen LogP contribution is -2.53. The van der Waals surface area contributed by atoms with Gasteiger partial charge < -0.3 is 15.1 Å². The van der Waals surface area contributed by atoms with Gasteiger partial charge in [0.25, 0.3) is 0 Å². The first-order valence-electron chi connectivity index (χ1n) is 10.9. The number of aromatic nitrogens is 3. The fourth-order valence-electron chi connectivity index (χ4n) is 4.24. The number of piperazine rings is 1. The average Bonchev–Trinajstić information content (AvgIpc) is 3.11. The van der Waals surface area contributed by atoms with Gasteiger partial charge in [-0.1, -0.05) is 0 Å². The predicted octanol–water partition coefficient (Wildman–Crippen LogP) is 2.06. The number of rotatable bonds is 5. The first-order valence-corrected chi connectivity index (χ1v) is 10.9. The molecule has 0 atom stereocenters. The zero-order valence-corrected chi connectivity index (χ0v) is 20.6. The third kappa shape index (κ3) is 5.41. The molecule has 11 heteroatoms. The molecule has 3 heterocycles. The Morgan fingerprint density at radius 2 is 1.94 bits per heavy atom. The average molecular weight is 561 g/mol. The van der Waals surface area contributed by atoms with Crippen molar-refractivity contribution in [1.29, 1.82) is 0 Å². The van der Waals surface area contributed by atoms with Gasteiger partial charge in [0.05, 0.1) is 5.69 Å². The number of anilines is 1. The van der Waals surface area contributed by atoms with Gasteiger partial charge in [0, 0.05) is 65.3 Å². The van der Waals surface area contributed by atoms with Gasteiger partial charge in [0.15, 0.2) is 5.96 Å². The Hall–Kier alpha value is -2.18. The molecule has 1 fully saturated rings. The second-order valence-electron chi connectivity index (χ2n) is 7.93. The Balaban J connectivity index is 0.00000289. The summed E-state index contributed by atoms with van der Waals surface area (Å²) in [5.41, 5.74) is 0.288. The Morgan fingerprint density at radius 3 is 2.66 bits per heavy atom. The molecule has 1 aromatic carbocycles. The topological polar surface area (TPSA) is 70.7 Å². The van der Waals surface area contributed by atoms with Crippen molar-refractivity contribution in [3.63, 3.8) is 0 Å². The maximum Gasteiger partial charge on any atom is 0.345 e. The van der Waals surface area contributed by atoms with Gasteiger partial charge in [0.1, 0.15) is 17.5 Å². The lowest BCUT2D eigenvalue weighted by Gasteiger charge is -2.37. The van der Waals surface area contributed by atoms with Crippen LogP contribution in [0.3, 0.4) is 0 Å². The molecular weight excluding hydrogens is 531 g/mol. The Bertz CT molecular complexity index is 999. The molecule has 8 nitrogen and oxygen atoms in total. The lowest BCUT2D eigenvalue weighted by atomic mass is 10.2. The number of aliphatic imine (C=N–C) groups is 1. The van der Waals surface area contributed by atoms with E-state index in [1.807, 2.05) is 4.90 Å². The highest BCUT2D eigenvalue weighted by molar-refractivity contribution is 14.0. The molecule has 0 unspecified atom stereocenters. The Kier molecular flexibility index (Phi) is 8.49. The minimum atomic E-state index is -0.436. The monoisotopic (exact) mass is 561 g/mol. The molecule has 1 N–H and O–H groups in total. The van der Waals surface area contributed by atoms with Crippen LogP contribution < -0.4 is 15.9 Å². The number of nitrogens with one attached hydrogen (secondary N) is 1. The SMILES string of the molecule is CN=C(NCCCn1nc2n(c1=O)CCCC2)N1CCN(c2cc(F)ccc2F)CC1.I. The summed E-state index contributed by atoms with van der Waals surface area (Å²) in [5.74, 6) is 0.825. The van der Waals surface area contributed by atoms with Crippen molar-refractivity contribution in [2.24, 2.45) is 4.99 Å². The largest absolute Gasteiger partial charge is 0.366 e. The molecule has 2 aliphatic heterocycles. The van der Waals surface area contributed by atoms with E-state index in [-0.39, 0.29) is 29.7 Å². The van der Waals surface area contributed by atoms with Crippen molar-refractivity contribution in [3.8, 4) is 0 Å². The van der Waals surface area contributed by atoms with Crippen LogP contribution in [0, 0.1) is 11.6 Å². The van der Waals surface area contributed by atoms with Gasteiger partial charge in [-0.15, -0.1) is 24.0 Å². The number of nitrogens with zero attached hydrogens (tertiary/aromatic N) is 6. The number of guanidine groups is 1. The van der Waals surface area contributed by atoms with Gasteiger partial charge in [-0.25, -0.2) is 18.3 Å². The quantitative estimate of drug-likeness (QED) is 0.262. The van der Waals surface area contributed by atoms with Crippen molar-refractivity contribution in [2.75, 3.05) is 44.7 Å². The number of hydrogen-bond donors (Lipinski definition) is 1. The highest BCUT2D eigenvalue weighted by atomic mass is 127. The van der Waals surface area contributed by atoms with Crippen molar-refractivity contribution in [2.45, 2.75) is 38.8 Å². The molecule has 2 aromatic rings. The summed E-state index contributed by atoms with van der Waals surface area (Å²) in [4.78, 5) is 20.7.